The number of thiazole rings is 1. The van der Waals surface area contributed by atoms with Crippen molar-refractivity contribution < 1.29 is 14.3 Å². The van der Waals surface area contributed by atoms with E-state index in [-0.39, 0.29) is 12.4 Å². The number of rotatable bonds is 6. The van der Waals surface area contributed by atoms with E-state index in [1.807, 2.05) is 78.9 Å². The van der Waals surface area contributed by atoms with Crippen molar-refractivity contribution >= 4 is 28.3 Å². The highest BCUT2D eigenvalue weighted by atomic mass is 32.1. The Labute approximate surface area is 178 Å². The third-order valence-corrected chi connectivity index (χ3v) is 5.31. The van der Waals surface area contributed by atoms with Crippen molar-refractivity contribution in [3.63, 3.8) is 0 Å². The van der Waals surface area contributed by atoms with Gasteiger partial charge in [0.05, 0.1) is 5.69 Å². The van der Waals surface area contributed by atoms with Crippen LogP contribution in [0.15, 0.2) is 91.0 Å². The predicted octanol–water partition coefficient (Wildman–Crippen LogP) is 5.79. The molecule has 5 nitrogen and oxygen atoms in total. The molecule has 0 radical (unpaired) electrons. The summed E-state index contributed by atoms with van der Waals surface area (Å²) in [6.45, 7) is 0.152. The number of carbonyl (C=O) groups is 2. The van der Waals surface area contributed by atoms with Gasteiger partial charge in [0.1, 0.15) is 11.5 Å². The Morgan fingerprint density at radius 1 is 0.833 bits per heavy atom. The lowest BCUT2D eigenvalue weighted by Gasteiger charge is -2.04. The Bertz CT molecular complexity index is 1140. The van der Waals surface area contributed by atoms with Crippen LogP contribution in [0.2, 0.25) is 0 Å². The third-order valence-electron chi connectivity index (χ3n) is 4.34. The molecule has 0 bridgehead atoms. The molecule has 3 aromatic carbocycles. The molecular weight excluding hydrogens is 396 g/mol. The van der Waals surface area contributed by atoms with E-state index in [0.717, 1.165) is 22.5 Å². The fraction of sp³-hybridized carbons (Fsp3) is 0.0417. The van der Waals surface area contributed by atoms with E-state index in [2.05, 4.69) is 10.3 Å². The monoisotopic (exact) mass is 414 g/mol. The number of nitrogens with zero attached hydrogens (tertiary/aromatic N) is 1. The van der Waals surface area contributed by atoms with E-state index < -0.39 is 6.09 Å². The molecule has 0 unspecified atom stereocenters. The van der Waals surface area contributed by atoms with Crippen LogP contribution in [-0.4, -0.2) is 16.9 Å². The number of benzene rings is 3. The summed E-state index contributed by atoms with van der Waals surface area (Å²) < 4.78 is 5.26. The number of hydrogen-bond donors (Lipinski definition) is 1. The van der Waals surface area contributed by atoms with Gasteiger partial charge in [0.15, 0.2) is 5.13 Å². The summed E-state index contributed by atoms with van der Waals surface area (Å²) in [6, 6.07) is 27.9. The van der Waals surface area contributed by atoms with Crippen molar-refractivity contribution in [2.45, 2.75) is 6.61 Å². The first-order chi connectivity index (χ1) is 14.7. The van der Waals surface area contributed by atoms with Crippen molar-refractivity contribution in [2.24, 2.45) is 0 Å². The summed E-state index contributed by atoms with van der Waals surface area (Å²) in [5.74, 6) is -0.141. The van der Waals surface area contributed by atoms with Crippen LogP contribution < -0.4 is 5.32 Å². The molecule has 0 spiro atoms. The minimum absolute atomic E-state index is 0.141. The third kappa shape index (κ3) is 4.61. The van der Waals surface area contributed by atoms with Crippen molar-refractivity contribution in [1.29, 1.82) is 0 Å². The largest absolute Gasteiger partial charge is 0.444 e. The molecule has 0 atom stereocenters. The van der Waals surface area contributed by atoms with Gasteiger partial charge in [-0.25, -0.2) is 9.78 Å². The highest BCUT2D eigenvalue weighted by molar-refractivity contribution is 7.18. The average molecular weight is 414 g/mol. The van der Waals surface area contributed by atoms with Gasteiger partial charge in [-0.3, -0.25) is 10.1 Å². The van der Waals surface area contributed by atoms with Gasteiger partial charge in [-0.1, -0.05) is 102 Å². The highest BCUT2D eigenvalue weighted by Crippen LogP contribution is 2.33. The fourth-order valence-electron chi connectivity index (χ4n) is 2.89. The Balaban J connectivity index is 1.57. The van der Waals surface area contributed by atoms with Crippen LogP contribution >= 0.6 is 11.3 Å². The summed E-state index contributed by atoms with van der Waals surface area (Å²) in [5, 5.41) is 2.95. The summed E-state index contributed by atoms with van der Waals surface area (Å²) in [5.41, 5.74) is 2.79. The minimum atomic E-state index is -0.620. The van der Waals surface area contributed by atoms with Gasteiger partial charge >= 0.3 is 6.09 Å². The number of ether oxygens (including phenoxy) is 1. The second kappa shape index (κ2) is 9.15. The number of carbonyl (C=O) groups excluding carboxylic acids is 2. The molecule has 1 aromatic heterocycles. The van der Waals surface area contributed by atoms with E-state index in [1.165, 1.54) is 0 Å². The van der Waals surface area contributed by atoms with Gasteiger partial charge in [-0.05, 0) is 5.56 Å². The van der Waals surface area contributed by atoms with E-state index in [1.54, 1.807) is 12.1 Å². The van der Waals surface area contributed by atoms with Crippen LogP contribution in [0.1, 0.15) is 20.8 Å². The van der Waals surface area contributed by atoms with Crippen molar-refractivity contribution in [3.05, 3.63) is 107 Å². The first kappa shape index (κ1) is 19.5. The Kier molecular flexibility index (Phi) is 5.96. The van der Waals surface area contributed by atoms with Gasteiger partial charge < -0.3 is 4.74 Å². The number of nitrogens with one attached hydrogen (secondary N) is 1. The molecule has 148 valence electrons. The first-order valence-electron chi connectivity index (χ1n) is 9.34. The van der Waals surface area contributed by atoms with Crippen molar-refractivity contribution in [2.75, 3.05) is 5.32 Å². The van der Waals surface area contributed by atoms with Crippen molar-refractivity contribution in [3.8, 4) is 11.3 Å². The van der Waals surface area contributed by atoms with E-state index in [4.69, 9.17) is 4.74 Å². The van der Waals surface area contributed by atoms with Crippen LogP contribution in [0.25, 0.3) is 11.3 Å². The van der Waals surface area contributed by atoms with E-state index >= 15 is 0 Å². The molecule has 1 amide bonds. The highest BCUT2D eigenvalue weighted by Gasteiger charge is 2.21. The lowest BCUT2D eigenvalue weighted by atomic mass is 10.1. The maximum absolute atomic E-state index is 13.1. The molecule has 4 rings (SSSR count). The zero-order valence-electron chi connectivity index (χ0n) is 15.9. The predicted molar refractivity (Wildman–Crippen MR) is 118 cm³/mol. The topological polar surface area (TPSA) is 68.3 Å². The summed E-state index contributed by atoms with van der Waals surface area (Å²) in [7, 11) is 0. The zero-order valence-corrected chi connectivity index (χ0v) is 16.8. The van der Waals surface area contributed by atoms with Crippen LogP contribution in [0, 0.1) is 0 Å². The van der Waals surface area contributed by atoms with Crippen LogP contribution in [0.4, 0.5) is 9.93 Å². The molecule has 0 saturated heterocycles. The smallest absolute Gasteiger partial charge is 0.413 e. The number of ketones is 1. The molecule has 6 heteroatoms. The van der Waals surface area contributed by atoms with Crippen LogP contribution in [0.5, 0.6) is 0 Å². The molecule has 1 heterocycles. The second-order valence-corrected chi connectivity index (χ2v) is 7.44. The first-order valence-corrected chi connectivity index (χ1v) is 10.2. The normalized spacial score (nSPS) is 10.4. The molecule has 0 aliphatic rings. The van der Waals surface area contributed by atoms with Crippen LogP contribution in [0.3, 0.4) is 0 Å². The fourth-order valence-corrected chi connectivity index (χ4v) is 3.82. The molecule has 4 aromatic rings. The average Bonchev–Trinajstić information content (AvgIpc) is 3.22. The summed E-state index contributed by atoms with van der Waals surface area (Å²) in [6.07, 6.45) is -0.620. The lowest BCUT2D eigenvalue weighted by Crippen LogP contribution is -2.13. The van der Waals surface area contributed by atoms with E-state index in [9.17, 15) is 9.59 Å². The van der Waals surface area contributed by atoms with Gasteiger partial charge in [-0.15, -0.1) is 0 Å². The number of hydrogen-bond acceptors (Lipinski definition) is 5. The molecule has 30 heavy (non-hydrogen) atoms. The Morgan fingerprint density at radius 2 is 1.43 bits per heavy atom. The SMILES string of the molecule is O=C(Nc1nc(-c2ccccc2)c(C(=O)c2ccccc2)s1)OCc1ccccc1. The molecular formula is C24H18N2O3S. The van der Waals surface area contributed by atoms with Gasteiger partial charge in [0.2, 0.25) is 5.78 Å². The zero-order chi connectivity index (χ0) is 20.8. The quantitative estimate of drug-likeness (QED) is 0.406. The molecule has 0 aliphatic heterocycles. The number of amides is 1. The summed E-state index contributed by atoms with van der Waals surface area (Å²) in [4.78, 5) is 30.3. The van der Waals surface area contributed by atoms with Crippen LogP contribution in [-0.2, 0) is 11.3 Å². The molecule has 1 N–H and O–H groups in total. The summed E-state index contributed by atoms with van der Waals surface area (Å²) >= 11 is 1.13. The maximum Gasteiger partial charge on any atom is 0.413 e. The van der Waals surface area contributed by atoms with Gasteiger partial charge in [0, 0.05) is 11.1 Å². The van der Waals surface area contributed by atoms with Crippen molar-refractivity contribution in [1.82, 2.24) is 4.98 Å². The molecule has 0 fully saturated rings. The number of anilines is 1. The van der Waals surface area contributed by atoms with Gasteiger partial charge in [-0.2, -0.15) is 0 Å². The standard InChI is InChI=1S/C24H18N2O3S/c27-21(19-14-8-3-9-15-19)22-20(18-12-6-2-7-13-18)25-23(30-22)26-24(28)29-16-17-10-4-1-5-11-17/h1-15H,16H2,(H,25,26,28). The molecule has 0 saturated carbocycles. The Hall–Kier alpha value is -3.77. The molecule has 0 aliphatic carbocycles. The second-order valence-electron chi connectivity index (χ2n) is 6.44. The van der Waals surface area contributed by atoms with Gasteiger partial charge in [0.25, 0.3) is 0 Å². The Morgan fingerprint density at radius 3 is 2.10 bits per heavy atom. The maximum atomic E-state index is 13.1. The lowest BCUT2D eigenvalue weighted by molar-refractivity contribution is 0.104. The number of aromatic nitrogens is 1. The van der Waals surface area contributed by atoms with E-state index in [0.29, 0.717) is 21.3 Å². The minimum Gasteiger partial charge on any atom is -0.444 e.